The van der Waals surface area contributed by atoms with E-state index in [1.54, 1.807) is 0 Å². The first-order valence-corrected chi connectivity index (χ1v) is 1.82. The topological polar surface area (TPSA) is 0 Å². The Balaban J connectivity index is 0.000000250. The van der Waals surface area contributed by atoms with E-state index in [2.05, 4.69) is 24.3 Å². The standard InChI is InChI=1S/C5H6.H4Si/c1-2-4-5-3-1;/h1-4H,5H2;1H4. The van der Waals surface area contributed by atoms with E-state index in [1.807, 2.05) is 0 Å². The van der Waals surface area contributed by atoms with Crippen LogP contribution in [0.5, 0.6) is 0 Å². The van der Waals surface area contributed by atoms with Gasteiger partial charge in [-0.25, -0.2) is 0 Å². The zero-order valence-corrected chi connectivity index (χ0v) is 3.02. The van der Waals surface area contributed by atoms with Crippen LogP contribution in [0.25, 0.3) is 0 Å². The van der Waals surface area contributed by atoms with Crippen molar-refractivity contribution in [3.63, 3.8) is 0 Å². The Kier molecular flexibility index (Phi) is 2.76. The van der Waals surface area contributed by atoms with Gasteiger partial charge in [-0.15, -0.1) is 0 Å². The van der Waals surface area contributed by atoms with E-state index in [1.165, 1.54) is 0 Å². The lowest BCUT2D eigenvalue weighted by Gasteiger charge is -1.57. The maximum Gasteiger partial charge on any atom is -0.0149 e. The summed E-state index contributed by atoms with van der Waals surface area (Å²) >= 11 is 0. The second-order valence-corrected chi connectivity index (χ2v) is 1.09. The van der Waals surface area contributed by atoms with Gasteiger partial charge in [0.1, 0.15) is 0 Å². The molecule has 0 radical (unpaired) electrons. The predicted molar refractivity (Wildman–Crippen MR) is 34.2 cm³/mol. The smallest absolute Gasteiger partial charge is 0.0149 e. The maximum atomic E-state index is 2.12. The second kappa shape index (κ2) is 2.91. The normalized spacial score (nSPS) is 14.7. The van der Waals surface area contributed by atoms with Crippen LogP contribution in [0.2, 0.25) is 0 Å². The molecule has 0 unspecified atom stereocenters. The van der Waals surface area contributed by atoms with Crippen molar-refractivity contribution in [3.8, 4) is 0 Å². The third kappa shape index (κ3) is 1.22. The first kappa shape index (κ1) is 5.70. The Labute approximate surface area is 42.6 Å². The molecule has 0 aromatic heterocycles. The fourth-order valence-electron chi connectivity index (χ4n) is 0.393. The summed E-state index contributed by atoms with van der Waals surface area (Å²) in [6, 6.07) is 0. The molecular formula is C5H10Si. The molecule has 0 bridgehead atoms. The molecule has 0 fully saturated rings. The minimum atomic E-state index is 0. The molecule has 0 atom stereocenters. The van der Waals surface area contributed by atoms with E-state index in [0.29, 0.717) is 0 Å². The summed E-state index contributed by atoms with van der Waals surface area (Å²) in [7, 11) is 0. The van der Waals surface area contributed by atoms with Crippen LogP contribution in [-0.2, 0) is 0 Å². The monoisotopic (exact) mass is 98.1 g/mol. The average Bonchev–Trinajstić information content (AvgIpc) is 1.76. The van der Waals surface area contributed by atoms with Crippen LogP contribution in [-0.4, -0.2) is 11.0 Å². The van der Waals surface area contributed by atoms with Crippen molar-refractivity contribution in [3.05, 3.63) is 24.3 Å². The summed E-state index contributed by atoms with van der Waals surface area (Å²) in [5, 5.41) is 0. The van der Waals surface area contributed by atoms with Crippen molar-refractivity contribution < 1.29 is 0 Å². The molecule has 0 saturated carbocycles. The van der Waals surface area contributed by atoms with Gasteiger partial charge >= 0.3 is 0 Å². The van der Waals surface area contributed by atoms with Crippen LogP contribution in [0.1, 0.15) is 6.42 Å². The van der Waals surface area contributed by atoms with Crippen molar-refractivity contribution in [2.75, 3.05) is 0 Å². The molecule has 0 nitrogen and oxygen atoms in total. The molecule has 0 aliphatic heterocycles. The molecule has 1 aliphatic carbocycles. The third-order valence-corrected chi connectivity index (χ3v) is 0.655. The quantitative estimate of drug-likeness (QED) is 0.376. The van der Waals surface area contributed by atoms with Gasteiger partial charge in [-0.1, -0.05) is 24.3 Å². The molecule has 0 amide bonds. The van der Waals surface area contributed by atoms with Crippen molar-refractivity contribution in [2.24, 2.45) is 0 Å². The number of hydrogen-bond donors (Lipinski definition) is 0. The summed E-state index contributed by atoms with van der Waals surface area (Å²) in [6.07, 6.45) is 9.50. The van der Waals surface area contributed by atoms with Gasteiger partial charge < -0.3 is 0 Å². The Morgan fingerprint density at radius 3 is 1.67 bits per heavy atom. The Morgan fingerprint density at radius 1 is 1.00 bits per heavy atom. The number of rotatable bonds is 0. The molecule has 0 spiro atoms. The van der Waals surface area contributed by atoms with Gasteiger partial charge in [0.05, 0.1) is 0 Å². The van der Waals surface area contributed by atoms with Gasteiger partial charge in [0.15, 0.2) is 0 Å². The average molecular weight is 98.2 g/mol. The number of allylic oxidation sites excluding steroid dienone is 4. The highest BCUT2D eigenvalue weighted by atomic mass is 28.1. The first-order valence-electron chi connectivity index (χ1n) is 1.82. The molecule has 1 rings (SSSR count). The summed E-state index contributed by atoms with van der Waals surface area (Å²) in [5.41, 5.74) is 0. The van der Waals surface area contributed by atoms with Gasteiger partial charge in [-0.2, -0.15) is 0 Å². The van der Waals surface area contributed by atoms with Crippen molar-refractivity contribution >= 4 is 11.0 Å². The van der Waals surface area contributed by atoms with E-state index >= 15 is 0 Å². The highest BCUT2D eigenvalue weighted by Gasteiger charge is 1.72. The molecule has 6 heavy (non-hydrogen) atoms. The SMILES string of the molecule is C1=CCC=C1.[SiH4]. The predicted octanol–water partition coefficient (Wildman–Crippen LogP) is 0.0509. The lowest BCUT2D eigenvalue weighted by molar-refractivity contribution is 1.45. The van der Waals surface area contributed by atoms with Gasteiger partial charge in [0, 0.05) is 0 Å². The fraction of sp³-hybridized carbons (Fsp3) is 0.200. The van der Waals surface area contributed by atoms with Gasteiger partial charge in [-0.3, -0.25) is 0 Å². The maximum absolute atomic E-state index is 2.12. The lowest BCUT2D eigenvalue weighted by atomic mass is 10.5. The van der Waals surface area contributed by atoms with Crippen molar-refractivity contribution in [2.45, 2.75) is 6.42 Å². The van der Waals surface area contributed by atoms with E-state index in [0.717, 1.165) is 6.42 Å². The molecule has 1 heteroatoms. The molecule has 0 aromatic rings. The van der Waals surface area contributed by atoms with Gasteiger partial charge in [0.25, 0.3) is 0 Å². The van der Waals surface area contributed by atoms with Gasteiger partial charge in [-0.05, 0) is 17.4 Å². The minimum Gasteiger partial charge on any atom is -0.0808 e. The summed E-state index contributed by atoms with van der Waals surface area (Å²) in [5.74, 6) is 0. The van der Waals surface area contributed by atoms with Crippen molar-refractivity contribution in [1.82, 2.24) is 0 Å². The van der Waals surface area contributed by atoms with E-state index < -0.39 is 0 Å². The zero-order chi connectivity index (χ0) is 3.54. The Hall–Kier alpha value is -0.303. The molecule has 34 valence electrons. The minimum absolute atomic E-state index is 0. The van der Waals surface area contributed by atoms with E-state index in [-0.39, 0.29) is 11.0 Å². The first-order chi connectivity index (χ1) is 2.50. The number of hydrogen-bond acceptors (Lipinski definition) is 0. The Morgan fingerprint density at radius 2 is 1.50 bits per heavy atom. The molecule has 0 N–H and O–H groups in total. The van der Waals surface area contributed by atoms with E-state index in [4.69, 9.17) is 0 Å². The van der Waals surface area contributed by atoms with Crippen LogP contribution in [0, 0.1) is 0 Å². The Bertz CT molecular complexity index is 62.0. The molecule has 0 heterocycles. The molecular weight excluding hydrogens is 88.1 g/mol. The van der Waals surface area contributed by atoms with Crippen LogP contribution in [0.4, 0.5) is 0 Å². The summed E-state index contributed by atoms with van der Waals surface area (Å²) in [4.78, 5) is 0. The van der Waals surface area contributed by atoms with Crippen LogP contribution < -0.4 is 0 Å². The van der Waals surface area contributed by atoms with E-state index in [9.17, 15) is 0 Å². The van der Waals surface area contributed by atoms with Gasteiger partial charge in [0.2, 0.25) is 0 Å². The molecule has 0 aromatic carbocycles. The van der Waals surface area contributed by atoms with Crippen LogP contribution in [0.3, 0.4) is 0 Å². The summed E-state index contributed by atoms with van der Waals surface area (Å²) in [6.45, 7) is 0. The lowest BCUT2D eigenvalue weighted by Crippen LogP contribution is -1.37. The van der Waals surface area contributed by atoms with Crippen LogP contribution in [0.15, 0.2) is 24.3 Å². The van der Waals surface area contributed by atoms with Crippen molar-refractivity contribution in [1.29, 1.82) is 0 Å². The largest absolute Gasteiger partial charge is 0.0808 e. The summed E-state index contributed by atoms with van der Waals surface area (Å²) < 4.78 is 0. The molecule has 0 saturated heterocycles. The molecule has 1 aliphatic rings. The van der Waals surface area contributed by atoms with Crippen LogP contribution >= 0.6 is 0 Å². The second-order valence-electron chi connectivity index (χ2n) is 1.09. The zero-order valence-electron chi connectivity index (χ0n) is 3.02. The highest BCUT2D eigenvalue weighted by molar-refractivity contribution is 5.75. The highest BCUT2D eigenvalue weighted by Crippen LogP contribution is 1.93. The third-order valence-electron chi connectivity index (χ3n) is 0.655. The fourth-order valence-corrected chi connectivity index (χ4v) is 0.393.